The number of hydrogen-bond acceptors (Lipinski definition) is 18. The fraction of sp³-hybridized carbons (Fsp3) is 0.525. The zero-order valence-corrected chi connectivity index (χ0v) is 49.9. The Morgan fingerprint density at radius 1 is 0.892 bits per heavy atom. The number of aromatic nitrogens is 7. The molecule has 4 aliphatic rings. The van der Waals surface area contributed by atoms with E-state index in [0.717, 1.165) is 55.2 Å². The van der Waals surface area contributed by atoms with E-state index < -0.39 is 20.0 Å². The number of amides is 2. The average Bonchev–Trinajstić information content (AvgIpc) is 4.17. The van der Waals surface area contributed by atoms with Gasteiger partial charge in [-0.3, -0.25) is 34.2 Å². The number of anilines is 4. The SMILES string of the molecule is Cc1[nH]nc(Nc2ncnc3cc(OCCCN4CCN(c5ncc(OCCN6CCN(C[C@H]7CN[C@H](C)CN7CC(=O)N7CC(C)(C)c8[nH]c(=O)c(Cc9ccc(F)cc9)cc87)[C@H](C)C6=O)cn5)CC4)c(S(=O)(=O)C(C)(C)C)cc23)c1C. The van der Waals surface area contributed by atoms with Crippen LogP contribution in [0, 0.1) is 19.7 Å². The van der Waals surface area contributed by atoms with Crippen molar-refractivity contribution in [2.24, 2.45) is 0 Å². The zero-order valence-electron chi connectivity index (χ0n) is 49.1. The van der Waals surface area contributed by atoms with E-state index in [1.54, 1.807) is 62.3 Å². The van der Waals surface area contributed by atoms with Crippen LogP contribution in [0.15, 0.2) is 70.9 Å². The van der Waals surface area contributed by atoms with Crippen LogP contribution in [0.4, 0.5) is 27.7 Å². The summed E-state index contributed by atoms with van der Waals surface area (Å²) in [5.74, 6) is 2.07. The minimum Gasteiger partial charge on any atom is -0.492 e. The summed E-state index contributed by atoms with van der Waals surface area (Å²) < 4.78 is 52.8. The van der Waals surface area contributed by atoms with Crippen molar-refractivity contribution in [3.63, 3.8) is 0 Å². The van der Waals surface area contributed by atoms with Gasteiger partial charge >= 0.3 is 0 Å². The molecule has 0 radical (unpaired) electrons. The highest BCUT2D eigenvalue weighted by atomic mass is 32.2. The molecular weight excluding hydrogens is 1080 g/mol. The monoisotopic (exact) mass is 1160 g/mol. The molecule has 3 fully saturated rings. The highest BCUT2D eigenvalue weighted by Gasteiger charge is 2.42. The second-order valence-electron chi connectivity index (χ2n) is 24.1. The maximum Gasteiger partial charge on any atom is 0.251 e. The first-order valence-corrected chi connectivity index (χ1v) is 30.2. The summed E-state index contributed by atoms with van der Waals surface area (Å²) >= 11 is 0. The number of carbonyl (C=O) groups excluding carboxylic acids is 2. The number of piperazine rings is 3. The quantitative estimate of drug-likeness (QED) is 0.0782. The fourth-order valence-electron chi connectivity index (χ4n) is 11.4. The van der Waals surface area contributed by atoms with E-state index in [2.05, 4.69) is 72.3 Å². The summed E-state index contributed by atoms with van der Waals surface area (Å²) in [5, 5.41) is 14.7. The van der Waals surface area contributed by atoms with E-state index >= 15 is 0 Å². The van der Waals surface area contributed by atoms with Crippen molar-refractivity contribution in [1.29, 1.82) is 0 Å². The maximum atomic E-state index is 14.4. The normalized spacial score (nSPS) is 20.0. The van der Waals surface area contributed by atoms with E-state index in [1.165, 1.54) is 18.5 Å². The molecule has 22 nitrogen and oxygen atoms in total. The largest absolute Gasteiger partial charge is 0.492 e. The Hall–Kier alpha value is -7.12. The van der Waals surface area contributed by atoms with Gasteiger partial charge in [0.15, 0.2) is 21.4 Å². The number of H-pyrrole nitrogens is 2. The Labute approximate surface area is 484 Å². The lowest BCUT2D eigenvalue weighted by Crippen LogP contribution is -2.64. The predicted molar refractivity (Wildman–Crippen MR) is 316 cm³/mol. The molecule has 83 heavy (non-hydrogen) atoms. The van der Waals surface area contributed by atoms with Crippen molar-refractivity contribution in [2.75, 3.05) is 113 Å². The number of halogens is 1. The molecule has 3 saturated heterocycles. The number of hydrogen-bond donors (Lipinski definition) is 4. The second kappa shape index (κ2) is 24.2. The molecule has 24 heteroatoms. The van der Waals surface area contributed by atoms with Crippen LogP contribution in [-0.4, -0.2) is 196 Å². The van der Waals surface area contributed by atoms with Crippen molar-refractivity contribution < 1.29 is 31.9 Å². The summed E-state index contributed by atoms with van der Waals surface area (Å²) in [6.07, 6.45) is 5.77. The van der Waals surface area contributed by atoms with Gasteiger partial charge in [-0.2, -0.15) is 5.10 Å². The highest BCUT2D eigenvalue weighted by molar-refractivity contribution is 7.92. The summed E-state index contributed by atoms with van der Waals surface area (Å²) in [7, 11) is -3.83. The number of pyridine rings is 1. The van der Waals surface area contributed by atoms with Gasteiger partial charge < -0.3 is 39.8 Å². The Morgan fingerprint density at radius 3 is 2.35 bits per heavy atom. The molecule has 444 valence electrons. The Kier molecular flexibility index (Phi) is 17.2. The van der Waals surface area contributed by atoms with Crippen LogP contribution in [0.1, 0.15) is 83.0 Å². The van der Waals surface area contributed by atoms with Crippen LogP contribution < -0.4 is 35.5 Å². The number of benzene rings is 2. The van der Waals surface area contributed by atoms with Crippen LogP contribution in [0.5, 0.6) is 11.5 Å². The minimum absolute atomic E-state index is 0.0166. The third-order valence-electron chi connectivity index (χ3n) is 16.7. The molecule has 0 saturated carbocycles. The van der Waals surface area contributed by atoms with Gasteiger partial charge in [-0.1, -0.05) is 26.0 Å². The summed E-state index contributed by atoms with van der Waals surface area (Å²) in [4.78, 5) is 75.3. The Morgan fingerprint density at radius 2 is 1.64 bits per heavy atom. The zero-order chi connectivity index (χ0) is 59.0. The van der Waals surface area contributed by atoms with E-state index in [1.807, 2.05) is 45.6 Å². The van der Waals surface area contributed by atoms with Crippen molar-refractivity contribution >= 4 is 55.8 Å². The van der Waals surface area contributed by atoms with Gasteiger partial charge in [0.1, 0.15) is 35.2 Å². The first kappa shape index (κ1) is 59.1. The van der Waals surface area contributed by atoms with Crippen molar-refractivity contribution in [3.05, 3.63) is 105 Å². The van der Waals surface area contributed by atoms with Crippen LogP contribution in [0.3, 0.4) is 0 Å². The minimum atomic E-state index is -3.83. The molecular formula is C59H78FN15O7S. The predicted octanol–water partition coefficient (Wildman–Crippen LogP) is 4.98. The van der Waals surface area contributed by atoms with Gasteiger partial charge in [-0.25, -0.2) is 32.7 Å². The number of rotatable bonds is 19. The molecule has 8 heterocycles. The number of ether oxygens (including phenoxy) is 2. The topological polar surface area (TPSA) is 243 Å². The number of nitrogens with zero attached hydrogens (tertiary/aromatic N) is 11. The molecule has 10 rings (SSSR count). The lowest BCUT2D eigenvalue weighted by atomic mass is 9.91. The third kappa shape index (κ3) is 13.0. The van der Waals surface area contributed by atoms with Gasteiger partial charge in [0, 0.05) is 130 Å². The summed E-state index contributed by atoms with van der Waals surface area (Å²) in [5.41, 5.74) is 4.46. The summed E-state index contributed by atoms with van der Waals surface area (Å²) in [6, 6.07) is 11.0. The Balaban J connectivity index is 0.667. The molecule has 3 atom stereocenters. The number of fused-ring (bicyclic) bond motifs is 2. The van der Waals surface area contributed by atoms with Crippen LogP contribution in [0.2, 0.25) is 0 Å². The van der Waals surface area contributed by atoms with E-state index in [0.29, 0.717) is 111 Å². The first-order chi connectivity index (χ1) is 39.5. The van der Waals surface area contributed by atoms with Crippen LogP contribution in [-0.2, 0) is 31.3 Å². The van der Waals surface area contributed by atoms with Crippen LogP contribution in [0.25, 0.3) is 10.9 Å². The second-order valence-corrected chi connectivity index (χ2v) is 26.8. The highest BCUT2D eigenvalue weighted by Crippen LogP contribution is 2.40. The van der Waals surface area contributed by atoms with Crippen LogP contribution >= 0.6 is 0 Å². The number of aromatic amines is 2. The lowest BCUT2D eigenvalue weighted by Gasteiger charge is -2.45. The van der Waals surface area contributed by atoms with E-state index in [4.69, 9.17) is 9.47 Å². The molecule has 0 spiro atoms. The molecule has 4 aliphatic heterocycles. The van der Waals surface area contributed by atoms with E-state index in [9.17, 15) is 27.2 Å². The van der Waals surface area contributed by atoms with Gasteiger partial charge in [-0.05, 0) is 84.7 Å². The molecule has 2 amide bonds. The number of sulfone groups is 1. The molecule has 0 unspecified atom stereocenters. The fourth-order valence-corrected chi connectivity index (χ4v) is 12.7. The molecule has 6 aromatic rings. The molecule has 2 aromatic carbocycles. The summed E-state index contributed by atoms with van der Waals surface area (Å²) in [6.45, 7) is 25.6. The average molecular weight is 1160 g/mol. The lowest BCUT2D eigenvalue weighted by molar-refractivity contribution is -0.142. The molecule has 0 aliphatic carbocycles. The smallest absolute Gasteiger partial charge is 0.251 e. The van der Waals surface area contributed by atoms with Gasteiger partial charge in [0.05, 0.1) is 54.1 Å². The van der Waals surface area contributed by atoms with Crippen molar-refractivity contribution in [3.8, 4) is 11.5 Å². The van der Waals surface area contributed by atoms with Crippen molar-refractivity contribution in [1.82, 2.24) is 60.0 Å². The maximum absolute atomic E-state index is 14.4. The van der Waals surface area contributed by atoms with Crippen molar-refractivity contribution in [2.45, 2.75) is 108 Å². The number of carbonyl (C=O) groups is 2. The molecule has 4 aromatic heterocycles. The third-order valence-corrected chi connectivity index (χ3v) is 19.2. The number of aryl methyl sites for hydroxylation is 1. The van der Waals surface area contributed by atoms with Gasteiger partial charge in [0.2, 0.25) is 17.8 Å². The standard InChI is InChI=1S/C59H78FN15O7S/c1-37-32-74(34-51(76)75-35-59(8,9)52-48(75)26-42(55(77)66-52)25-41-11-13-43(60)14-12-41)44(29-61-37)33-73-21-20-71(56(78)40(73)4)22-24-81-45-30-62-57(63-31-45)72-18-16-70(17-19-72)15-10-23-82-49-28-47-46(27-50(49)83(79,80)58(5,6)7)54(65-36-64-47)67-53-38(2)39(3)68-69-53/h11-14,26-28,30-31,36-37,40,44,61H,10,15-25,29,32-35H2,1-9H3,(H,66,77)(H2,64,65,67,68,69)/t37-,40-,44-/m1/s1. The van der Waals surface area contributed by atoms with E-state index in [-0.39, 0.29) is 65.1 Å². The van der Waals surface area contributed by atoms with Gasteiger partial charge in [-0.15, -0.1) is 0 Å². The van der Waals surface area contributed by atoms with Gasteiger partial charge in [0.25, 0.3) is 5.56 Å². The number of nitrogens with one attached hydrogen (secondary N) is 4. The Bertz CT molecular complexity index is 3490. The first-order valence-electron chi connectivity index (χ1n) is 28.7. The molecule has 0 bridgehead atoms. The molecule has 4 N–H and O–H groups in total.